The fourth-order valence-corrected chi connectivity index (χ4v) is 2.83. The van der Waals surface area contributed by atoms with Gasteiger partial charge in [-0.05, 0) is 49.1 Å². The molecule has 5 heteroatoms. The highest BCUT2D eigenvalue weighted by atomic mass is 16.5. The van der Waals surface area contributed by atoms with Crippen LogP contribution in [0.4, 0.5) is 5.69 Å². The maximum atomic E-state index is 5.34. The number of aromatic nitrogens is 2. The normalized spacial score (nSPS) is 13.7. The predicted molar refractivity (Wildman–Crippen MR) is 99.3 cm³/mol. The Hall–Kier alpha value is -2.82. The van der Waals surface area contributed by atoms with E-state index in [1.54, 1.807) is 14.2 Å². The second kappa shape index (κ2) is 6.59. The van der Waals surface area contributed by atoms with E-state index in [1.807, 2.05) is 24.3 Å². The van der Waals surface area contributed by atoms with Gasteiger partial charge in [-0.3, -0.25) is 0 Å². The fraction of sp³-hybridized carbons (Fsp3) is 0.300. The Morgan fingerprint density at radius 2 is 1.72 bits per heavy atom. The molecule has 1 aliphatic rings. The molecule has 1 aromatic heterocycles. The molecule has 0 amide bonds. The van der Waals surface area contributed by atoms with E-state index >= 15 is 0 Å². The summed E-state index contributed by atoms with van der Waals surface area (Å²) in [4.78, 5) is 0. The molecular weight excluding hydrogens is 314 g/mol. The number of benzene rings is 2. The number of nitrogens with one attached hydrogen (secondary N) is 1. The summed E-state index contributed by atoms with van der Waals surface area (Å²) >= 11 is 0. The Balaban J connectivity index is 1.65. The Labute approximate surface area is 147 Å². The zero-order chi connectivity index (χ0) is 17.2. The second-order valence-corrected chi connectivity index (χ2v) is 6.43. The van der Waals surface area contributed by atoms with Gasteiger partial charge < -0.3 is 14.8 Å². The van der Waals surface area contributed by atoms with Crippen LogP contribution in [0.25, 0.3) is 22.2 Å². The third-order valence-electron chi connectivity index (χ3n) is 4.53. The molecule has 128 valence electrons. The van der Waals surface area contributed by atoms with Crippen LogP contribution in [-0.2, 0) is 0 Å². The summed E-state index contributed by atoms with van der Waals surface area (Å²) < 4.78 is 10.7. The Kier molecular flexibility index (Phi) is 4.14. The van der Waals surface area contributed by atoms with Gasteiger partial charge >= 0.3 is 0 Å². The minimum atomic E-state index is 0.732. The zero-order valence-corrected chi connectivity index (χ0v) is 14.5. The standard InChI is InChI=1S/C20H21N3O2/c1-24-17-7-15(8-18(11-17)25-2)19-9-14-5-6-16(10-20(14)23-22-19)21-12-13-3-4-13/h5-11,13,21H,3-4,12H2,1-2H3. The van der Waals surface area contributed by atoms with Crippen LogP contribution in [0.15, 0.2) is 42.5 Å². The molecule has 1 N–H and O–H groups in total. The molecule has 1 heterocycles. The van der Waals surface area contributed by atoms with Crippen LogP contribution in [0, 0.1) is 5.92 Å². The van der Waals surface area contributed by atoms with Gasteiger partial charge in [-0.25, -0.2) is 0 Å². The topological polar surface area (TPSA) is 56.3 Å². The summed E-state index contributed by atoms with van der Waals surface area (Å²) in [6, 6.07) is 14.0. The minimum Gasteiger partial charge on any atom is -0.497 e. The summed E-state index contributed by atoms with van der Waals surface area (Å²) in [6.07, 6.45) is 2.68. The van der Waals surface area contributed by atoms with E-state index in [0.717, 1.165) is 51.8 Å². The summed E-state index contributed by atoms with van der Waals surface area (Å²) in [6.45, 7) is 1.04. The lowest BCUT2D eigenvalue weighted by Crippen LogP contribution is -2.03. The number of hydrogen-bond donors (Lipinski definition) is 1. The highest BCUT2D eigenvalue weighted by Crippen LogP contribution is 2.31. The number of hydrogen-bond acceptors (Lipinski definition) is 5. The summed E-state index contributed by atoms with van der Waals surface area (Å²) in [5.74, 6) is 2.30. The van der Waals surface area contributed by atoms with E-state index in [0.29, 0.717) is 0 Å². The maximum absolute atomic E-state index is 5.34. The monoisotopic (exact) mass is 335 g/mol. The molecule has 1 aliphatic carbocycles. The van der Waals surface area contributed by atoms with Crippen LogP contribution < -0.4 is 14.8 Å². The number of nitrogens with zero attached hydrogens (tertiary/aromatic N) is 2. The number of anilines is 1. The van der Waals surface area contributed by atoms with Crippen LogP contribution in [0.3, 0.4) is 0 Å². The van der Waals surface area contributed by atoms with Gasteiger partial charge in [0.1, 0.15) is 11.5 Å². The lowest BCUT2D eigenvalue weighted by molar-refractivity contribution is 0.394. The SMILES string of the molecule is COc1cc(OC)cc(-c2cc3ccc(NCC4CC4)cc3nn2)c1. The van der Waals surface area contributed by atoms with Crippen LogP contribution in [0.1, 0.15) is 12.8 Å². The quantitative estimate of drug-likeness (QED) is 0.734. The van der Waals surface area contributed by atoms with Crippen molar-refractivity contribution in [1.29, 1.82) is 0 Å². The third-order valence-corrected chi connectivity index (χ3v) is 4.53. The van der Waals surface area contributed by atoms with E-state index in [9.17, 15) is 0 Å². The van der Waals surface area contributed by atoms with E-state index in [2.05, 4.69) is 33.7 Å². The smallest absolute Gasteiger partial charge is 0.123 e. The van der Waals surface area contributed by atoms with E-state index in [1.165, 1.54) is 12.8 Å². The molecule has 3 aromatic rings. The van der Waals surface area contributed by atoms with Crippen molar-refractivity contribution in [2.75, 3.05) is 26.1 Å². The lowest BCUT2D eigenvalue weighted by atomic mass is 10.1. The first kappa shape index (κ1) is 15.7. The average Bonchev–Trinajstić information content (AvgIpc) is 3.49. The molecule has 2 aromatic carbocycles. The van der Waals surface area contributed by atoms with E-state index in [4.69, 9.17) is 9.47 Å². The molecule has 1 fully saturated rings. The van der Waals surface area contributed by atoms with Crippen molar-refractivity contribution in [2.45, 2.75) is 12.8 Å². The first-order valence-electron chi connectivity index (χ1n) is 8.50. The number of methoxy groups -OCH3 is 2. The molecule has 0 radical (unpaired) electrons. The van der Waals surface area contributed by atoms with Crippen molar-refractivity contribution in [3.63, 3.8) is 0 Å². The van der Waals surface area contributed by atoms with Crippen LogP contribution in [0.2, 0.25) is 0 Å². The number of rotatable bonds is 6. The fourth-order valence-electron chi connectivity index (χ4n) is 2.83. The largest absolute Gasteiger partial charge is 0.497 e. The van der Waals surface area contributed by atoms with Gasteiger partial charge in [-0.15, -0.1) is 10.2 Å². The molecule has 4 rings (SSSR count). The molecule has 1 saturated carbocycles. The molecule has 0 saturated heterocycles. The molecule has 0 bridgehead atoms. The van der Waals surface area contributed by atoms with Crippen LogP contribution >= 0.6 is 0 Å². The van der Waals surface area contributed by atoms with Crippen molar-refractivity contribution in [3.8, 4) is 22.8 Å². The van der Waals surface area contributed by atoms with E-state index < -0.39 is 0 Å². The zero-order valence-electron chi connectivity index (χ0n) is 14.5. The molecule has 0 unspecified atom stereocenters. The molecule has 0 aliphatic heterocycles. The molecule has 25 heavy (non-hydrogen) atoms. The van der Waals surface area contributed by atoms with Crippen molar-refractivity contribution in [2.24, 2.45) is 5.92 Å². The predicted octanol–water partition coefficient (Wildman–Crippen LogP) is 4.14. The maximum Gasteiger partial charge on any atom is 0.123 e. The summed E-state index contributed by atoms with van der Waals surface area (Å²) in [5.41, 5.74) is 3.70. The summed E-state index contributed by atoms with van der Waals surface area (Å²) in [5, 5.41) is 13.3. The van der Waals surface area contributed by atoms with Crippen molar-refractivity contribution < 1.29 is 9.47 Å². The highest BCUT2D eigenvalue weighted by Gasteiger charge is 2.20. The first-order chi connectivity index (χ1) is 12.2. The Bertz CT molecular complexity index is 884. The Morgan fingerprint density at radius 3 is 2.40 bits per heavy atom. The van der Waals surface area contributed by atoms with Gasteiger partial charge in [0.05, 0.1) is 25.4 Å². The minimum absolute atomic E-state index is 0.732. The summed E-state index contributed by atoms with van der Waals surface area (Å²) in [7, 11) is 3.28. The van der Waals surface area contributed by atoms with Gasteiger partial charge in [0.25, 0.3) is 0 Å². The van der Waals surface area contributed by atoms with Gasteiger partial charge in [0, 0.05) is 29.2 Å². The van der Waals surface area contributed by atoms with Gasteiger partial charge in [0.15, 0.2) is 0 Å². The van der Waals surface area contributed by atoms with Gasteiger partial charge in [-0.1, -0.05) is 6.07 Å². The second-order valence-electron chi connectivity index (χ2n) is 6.43. The van der Waals surface area contributed by atoms with Crippen LogP contribution in [0.5, 0.6) is 11.5 Å². The number of fused-ring (bicyclic) bond motifs is 1. The lowest BCUT2D eigenvalue weighted by Gasteiger charge is -2.09. The first-order valence-corrected chi connectivity index (χ1v) is 8.50. The van der Waals surface area contributed by atoms with Crippen molar-refractivity contribution in [1.82, 2.24) is 10.2 Å². The van der Waals surface area contributed by atoms with Crippen molar-refractivity contribution >= 4 is 16.6 Å². The van der Waals surface area contributed by atoms with Gasteiger partial charge in [0.2, 0.25) is 0 Å². The molecule has 0 atom stereocenters. The van der Waals surface area contributed by atoms with E-state index in [-0.39, 0.29) is 0 Å². The molecular formula is C20H21N3O2. The van der Waals surface area contributed by atoms with Crippen molar-refractivity contribution in [3.05, 3.63) is 42.5 Å². The third kappa shape index (κ3) is 3.50. The molecule has 5 nitrogen and oxygen atoms in total. The molecule has 0 spiro atoms. The van der Waals surface area contributed by atoms with Gasteiger partial charge in [-0.2, -0.15) is 0 Å². The Morgan fingerprint density at radius 1 is 0.960 bits per heavy atom. The average molecular weight is 335 g/mol. The highest BCUT2D eigenvalue weighted by molar-refractivity contribution is 5.85. The van der Waals surface area contributed by atoms with Crippen LogP contribution in [-0.4, -0.2) is 31.0 Å². The number of ether oxygens (including phenoxy) is 2.